The first kappa shape index (κ1) is 13.3. The van der Waals surface area contributed by atoms with Crippen molar-refractivity contribution in [2.24, 2.45) is 0 Å². The van der Waals surface area contributed by atoms with Gasteiger partial charge in [0.25, 0.3) is 0 Å². The van der Waals surface area contributed by atoms with Crippen LogP contribution in [0.4, 0.5) is 0 Å². The van der Waals surface area contributed by atoms with Gasteiger partial charge in [0.05, 0.1) is 12.8 Å². The van der Waals surface area contributed by atoms with E-state index < -0.39 is 0 Å². The lowest BCUT2D eigenvalue weighted by Gasteiger charge is -2.24. The Balaban J connectivity index is 1.69. The minimum absolute atomic E-state index is 0.500. The van der Waals surface area contributed by atoms with Crippen LogP contribution in [0, 0.1) is 0 Å². The highest BCUT2D eigenvalue weighted by Crippen LogP contribution is 2.10. The third-order valence-electron chi connectivity index (χ3n) is 3.08. The Kier molecular flexibility index (Phi) is 4.99. The largest absolute Gasteiger partial charge is 0.468 e. The Labute approximate surface area is 112 Å². The molecule has 0 fully saturated rings. The molecule has 4 heteroatoms. The second-order valence-corrected chi connectivity index (χ2v) is 5.39. The number of likely N-dealkylation sites (N-methyl/N-ethyl adjacent to an activating group) is 1. The second-order valence-electron chi connectivity index (χ2n) is 4.61. The van der Waals surface area contributed by atoms with Gasteiger partial charge < -0.3 is 9.73 Å². The van der Waals surface area contributed by atoms with Crippen LogP contribution < -0.4 is 5.32 Å². The van der Waals surface area contributed by atoms with E-state index in [2.05, 4.69) is 41.0 Å². The maximum atomic E-state index is 5.29. The number of nitrogens with one attached hydrogen (secondary N) is 1. The molecule has 1 N–H and O–H groups in total. The van der Waals surface area contributed by atoms with Crippen molar-refractivity contribution in [1.29, 1.82) is 0 Å². The van der Waals surface area contributed by atoms with Crippen molar-refractivity contribution in [2.45, 2.75) is 26.1 Å². The molecule has 0 aliphatic heterocycles. The minimum atomic E-state index is 0.500. The van der Waals surface area contributed by atoms with Gasteiger partial charge in [-0.1, -0.05) is 0 Å². The van der Waals surface area contributed by atoms with Crippen LogP contribution in [0.15, 0.2) is 39.6 Å². The summed E-state index contributed by atoms with van der Waals surface area (Å²) in [6.07, 6.45) is 1.71. The zero-order valence-corrected chi connectivity index (χ0v) is 11.7. The van der Waals surface area contributed by atoms with Crippen LogP contribution in [0.5, 0.6) is 0 Å². The first-order valence-corrected chi connectivity index (χ1v) is 7.14. The van der Waals surface area contributed by atoms with Gasteiger partial charge in [-0.3, -0.25) is 4.90 Å². The van der Waals surface area contributed by atoms with Crippen LogP contribution in [0.25, 0.3) is 0 Å². The summed E-state index contributed by atoms with van der Waals surface area (Å²) in [5.41, 5.74) is 1.39. The molecule has 0 radical (unpaired) electrons. The van der Waals surface area contributed by atoms with Gasteiger partial charge in [0.15, 0.2) is 0 Å². The molecule has 2 rings (SSSR count). The molecule has 1 atom stereocenters. The summed E-state index contributed by atoms with van der Waals surface area (Å²) in [5, 5.41) is 7.75. The monoisotopic (exact) mass is 264 g/mol. The van der Waals surface area contributed by atoms with Gasteiger partial charge in [-0.2, -0.15) is 11.3 Å². The van der Waals surface area contributed by atoms with E-state index in [0.717, 1.165) is 25.4 Å². The predicted molar refractivity (Wildman–Crippen MR) is 75.7 cm³/mol. The van der Waals surface area contributed by atoms with E-state index in [4.69, 9.17) is 4.42 Å². The van der Waals surface area contributed by atoms with Crippen molar-refractivity contribution in [1.82, 2.24) is 10.2 Å². The zero-order valence-electron chi connectivity index (χ0n) is 10.9. The van der Waals surface area contributed by atoms with Crippen LogP contribution >= 0.6 is 11.3 Å². The maximum Gasteiger partial charge on any atom is 0.117 e. The molecular weight excluding hydrogens is 244 g/mol. The van der Waals surface area contributed by atoms with Crippen LogP contribution in [-0.2, 0) is 13.1 Å². The molecule has 18 heavy (non-hydrogen) atoms. The van der Waals surface area contributed by atoms with E-state index in [1.165, 1.54) is 5.56 Å². The SMILES string of the molecule is CC(CNCc1ccco1)N(C)Cc1ccsc1. The van der Waals surface area contributed by atoms with Crippen molar-refractivity contribution in [3.8, 4) is 0 Å². The van der Waals surface area contributed by atoms with E-state index in [9.17, 15) is 0 Å². The quantitative estimate of drug-likeness (QED) is 0.833. The molecule has 1 unspecified atom stereocenters. The van der Waals surface area contributed by atoms with Gasteiger partial charge in [-0.25, -0.2) is 0 Å². The first-order valence-electron chi connectivity index (χ1n) is 6.20. The summed E-state index contributed by atoms with van der Waals surface area (Å²) in [6.45, 7) is 5.00. The van der Waals surface area contributed by atoms with Gasteiger partial charge in [-0.05, 0) is 48.5 Å². The number of hydrogen-bond acceptors (Lipinski definition) is 4. The molecule has 0 spiro atoms. The average Bonchev–Trinajstić information content (AvgIpc) is 3.01. The third kappa shape index (κ3) is 3.98. The van der Waals surface area contributed by atoms with Gasteiger partial charge in [-0.15, -0.1) is 0 Å². The Hall–Kier alpha value is -1.10. The van der Waals surface area contributed by atoms with Gasteiger partial charge in [0.1, 0.15) is 5.76 Å². The molecule has 0 saturated heterocycles. The number of furan rings is 1. The average molecular weight is 264 g/mol. The van der Waals surface area contributed by atoms with Crippen LogP contribution in [0.2, 0.25) is 0 Å². The molecule has 0 aromatic carbocycles. The molecule has 98 valence electrons. The van der Waals surface area contributed by atoms with Crippen LogP contribution in [0.1, 0.15) is 18.2 Å². The zero-order chi connectivity index (χ0) is 12.8. The molecule has 0 aliphatic carbocycles. The molecule has 0 bridgehead atoms. The van der Waals surface area contributed by atoms with E-state index in [1.54, 1.807) is 17.6 Å². The normalized spacial score (nSPS) is 13.1. The van der Waals surface area contributed by atoms with Gasteiger partial charge in [0.2, 0.25) is 0 Å². The van der Waals surface area contributed by atoms with Crippen molar-refractivity contribution < 1.29 is 4.42 Å². The predicted octanol–water partition coefficient (Wildman–Crippen LogP) is 2.95. The Morgan fingerprint density at radius 3 is 3.00 bits per heavy atom. The van der Waals surface area contributed by atoms with Crippen LogP contribution in [0.3, 0.4) is 0 Å². The molecular formula is C14H20N2OS. The molecule has 0 aliphatic rings. The van der Waals surface area contributed by atoms with Crippen LogP contribution in [-0.4, -0.2) is 24.5 Å². The molecule has 0 saturated carbocycles. The smallest absolute Gasteiger partial charge is 0.117 e. The molecule has 2 aromatic rings. The van der Waals surface area contributed by atoms with E-state index in [0.29, 0.717) is 6.04 Å². The van der Waals surface area contributed by atoms with E-state index in [-0.39, 0.29) is 0 Å². The van der Waals surface area contributed by atoms with Crippen molar-refractivity contribution in [2.75, 3.05) is 13.6 Å². The molecule has 2 aromatic heterocycles. The van der Waals surface area contributed by atoms with Gasteiger partial charge >= 0.3 is 0 Å². The highest BCUT2D eigenvalue weighted by Gasteiger charge is 2.09. The van der Waals surface area contributed by atoms with Crippen molar-refractivity contribution in [3.05, 3.63) is 46.5 Å². The Morgan fingerprint density at radius 1 is 1.44 bits per heavy atom. The van der Waals surface area contributed by atoms with E-state index in [1.807, 2.05) is 12.1 Å². The number of hydrogen-bond donors (Lipinski definition) is 1. The number of nitrogens with zero attached hydrogens (tertiary/aromatic N) is 1. The highest BCUT2D eigenvalue weighted by molar-refractivity contribution is 7.07. The minimum Gasteiger partial charge on any atom is -0.468 e. The lowest BCUT2D eigenvalue weighted by Crippen LogP contribution is -2.37. The topological polar surface area (TPSA) is 28.4 Å². The third-order valence-corrected chi connectivity index (χ3v) is 3.82. The standard InChI is InChI=1S/C14H20N2OS/c1-12(8-15-9-14-4-3-6-17-14)16(2)10-13-5-7-18-11-13/h3-7,11-12,15H,8-10H2,1-2H3. The van der Waals surface area contributed by atoms with E-state index >= 15 is 0 Å². The number of thiophene rings is 1. The number of rotatable bonds is 7. The highest BCUT2D eigenvalue weighted by atomic mass is 32.1. The summed E-state index contributed by atoms with van der Waals surface area (Å²) in [5.74, 6) is 0.989. The molecule has 0 amide bonds. The summed E-state index contributed by atoms with van der Waals surface area (Å²) >= 11 is 1.75. The first-order chi connectivity index (χ1) is 8.75. The lowest BCUT2D eigenvalue weighted by molar-refractivity contribution is 0.241. The summed E-state index contributed by atoms with van der Waals surface area (Å²) in [7, 11) is 2.16. The fraction of sp³-hybridized carbons (Fsp3) is 0.429. The fourth-order valence-corrected chi connectivity index (χ4v) is 2.46. The lowest BCUT2D eigenvalue weighted by atomic mass is 10.2. The Morgan fingerprint density at radius 2 is 2.33 bits per heavy atom. The van der Waals surface area contributed by atoms with Crippen molar-refractivity contribution >= 4 is 11.3 Å². The fourth-order valence-electron chi connectivity index (χ4n) is 1.80. The molecule has 3 nitrogen and oxygen atoms in total. The maximum absolute atomic E-state index is 5.29. The Bertz CT molecular complexity index is 425. The summed E-state index contributed by atoms with van der Waals surface area (Å²) < 4.78 is 5.29. The van der Waals surface area contributed by atoms with Crippen molar-refractivity contribution in [3.63, 3.8) is 0 Å². The summed E-state index contributed by atoms with van der Waals surface area (Å²) in [6, 6.07) is 6.60. The van der Waals surface area contributed by atoms with Gasteiger partial charge in [0, 0.05) is 19.1 Å². The summed E-state index contributed by atoms with van der Waals surface area (Å²) in [4.78, 5) is 2.36. The second kappa shape index (κ2) is 6.73. The molecule has 2 heterocycles.